The van der Waals surface area contributed by atoms with Crippen LogP contribution in [-0.4, -0.2) is 46.8 Å². The molecule has 4 rings (SSSR count). The molecule has 2 N–H and O–H groups in total. The first-order valence-electron chi connectivity index (χ1n) is 9.68. The molecule has 1 atom stereocenters. The third-order valence-corrected chi connectivity index (χ3v) is 5.13. The number of pyridine rings is 1. The highest BCUT2D eigenvalue weighted by Crippen LogP contribution is 2.25. The normalized spacial score (nSPS) is 15.1. The van der Waals surface area contributed by atoms with Gasteiger partial charge in [-0.15, -0.1) is 0 Å². The number of benzene rings is 1. The lowest BCUT2D eigenvalue weighted by Gasteiger charge is -2.28. The molecular weight excluding hydrogens is 410 g/mol. The van der Waals surface area contributed by atoms with E-state index < -0.39 is 29.2 Å². The molecule has 0 bridgehead atoms. The van der Waals surface area contributed by atoms with Crippen LogP contribution in [0.5, 0.6) is 0 Å². The number of hydrogen-bond donors (Lipinski definition) is 2. The lowest BCUT2D eigenvalue weighted by atomic mass is 10.1. The number of nitrogens with zero attached hydrogens (tertiary/aromatic N) is 3. The van der Waals surface area contributed by atoms with Crippen molar-refractivity contribution in [3.05, 3.63) is 69.6 Å². The average molecular weight is 430 g/mol. The number of nitrogens with one attached hydrogen (secondary N) is 1. The molecule has 0 amide bonds. The van der Waals surface area contributed by atoms with E-state index >= 15 is 0 Å². The SMILES string of the molecule is CC(Nc1ccc(F)c(F)c1)c1cc(C(=O)O)cn2c(=O)cc(N3CCOCC3)nc12. The largest absolute Gasteiger partial charge is 0.478 e. The van der Waals surface area contributed by atoms with Crippen molar-refractivity contribution in [3.63, 3.8) is 0 Å². The van der Waals surface area contributed by atoms with Gasteiger partial charge >= 0.3 is 5.97 Å². The number of morpholine rings is 1. The zero-order valence-electron chi connectivity index (χ0n) is 16.6. The lowest BCUT2D eigenvalue weighted by molar-refractivity contribution is 0.0696. The van der Waals surface area contributed by atoms with Crippen molar-refractivity contribution in [3.8, 4) is 0 Å². The fourth-order valence-electron chi connectivity index (χ4n) is 3.52. The molecule has 2 aromatic heterocycles. The summed E-state index contributed by atoms with van der Waals surface area (Å²) in [6.45, 7) is 3.90. The summed E-state index contributed by atoms with van der Waals surface area (Å²) in [5.74, 6) is -2.71. The standard InChI is InChI=1S/C21H20F2N4O4/c1-12(24-14-2-3-16(22)17(23)9-14)15-8-13(21(29)30)11-27-19(28)10-18(25-20(15)27)26-4-6-31-7-5-26/h2-3,8-12,24H,4-7H2,1H3,(H,29,30). The molecule has 1 aliphatic heterocycles. The number of rotatable bonds is 5. The number of aromatic carboxylic acids is 1. The van der Waals surface area contributed by atoms with Crippen LogP contribution in [0.4, 0.5) is 20.3 Å². The second kappa shape index (κ2) is 8.31. The zero-order valence-corrected chi connectivity index (χ0v) is 16.6. The minimum atomic E-state index is -1.20. The maximum absolute atomic E-state index is 13.6. The first-order chi connectivity index (χ1) is 14.8. The van der Waals surface area contributed by atoms with Gasteiger partial charge in [-0.25, -0.2) is 18.6 Å². The monoisotopic (exact) mass is 430 g/mol. The van der Waals surface area contributed by atoms with E-state index in [1.54, 1.807) is 6.92 Å². The minimum Gasteiger partial charge on any atom is -0.478 e. The molecule has 1 aromatic carbocycles. The molecule has 0 radical (unpaired) electrons. The maximum Gasteiger partial charge on any atom is 0.337 e. The average Bonchev–Trinajstić information content (AvgIpc) is 2.76. The predicted molar refractivity (Wildman–Crippen MR) is 110 cm³/mol. The van der Waals surface area contributed by atoms with E-state index in [2.05, 4.69) is 10.3 Å². The summed E-state index contributed by atoms with van der Waals surface area (Å²) in [5.41, 5.74) is 0.496. The van der Waals surface area contributed by atoms with Crippen molar-refractivity contribution < 1.29 is 23.4 Å². The molecule has 0 spiro atoms. The zero-order chi connectivity index (χ0) is 22.1. The topological polar surface area (TPSA) is 96.2 Å². The van der Waals surface area contributed by atoms with E-state index in [-0.39, 0.29) is 11.2 Å². The Hall–Kier alpha value is -3.53. The molecule has 10 heteroatoms. The van der Waals surface area contributed by atoms with Crippen molar-refractivity contribution in [2.24, 2.45) is 0 Å². The molecule has 1 unspecified atom stereocenters. The predicted octanol–water partition coefficient (Wildman–Crippen LogP) is 2.68. The molecule has 1 saturated heterocycles. The van der Waals surface area contributed by atoms with E-state index in [0.717, 1.165) is 12.1 Å². The van der Waals surface area contributed by atoms with Crippen molar-refractivity contribution in [1.82, 2.24) is 9.38 Å². The maximum atomic E-state index is 13.6. The fourth-order valence-corrected chi connectivity index (χ4v) is 3.52. The molecule has 1 aliphatic rings. The van der Waals surface area contributed by atoms with Gasteiger partial charge in [-0.2, -0.15) is 0 Å². The molecule has 162 valence electrons. The summed E-state index contributed by atoms with van der Waals surface area (Å²) < 4.78 is 33.4. The van der Waals surface area contributed by atoms with Crippen molar-refractivity contribution in [2.75, 3.05) is 36.5 Å². The first-order valence-corrected chi connectivity index (χ1v) is 9.68. The van der Waals surface area contributed by atoms with Gasteiger partial charge in [-0.3, -0.25) is 9.20 Å². The second-order valence-electron chi connectivity index (χ2n) is 7.23. The Morgan fingerprint density at radius 3 is 2.61 bits per heavy atom. The van der Waals surface area contributed by atoms with Gasteiger partial charge < -0.3 is 20.1 Å². The molecule has 31 heavy (non-hydrogen) atoms. The number of carboxylic acid groups (broad SMARTS) is 1. The van der Waals surface area contributed by atoms with Crippen molar-refractivity contribution in [1.29, 1.82) is 0 Å². The van der Waals surface area contributed by atoms with Gasteiger partial charge in [0.2, 0.25) is 0 Å². The van der Waals surface area contributed by atoms with Crippen LogP contribution in [-0.2, 0) is 4.74 Å². The van der Waals surface area contributed by atoms with Crippen molar-refractivity contribution >= 4 is 23.1 Å². The van der Waals surface area contributed by atoms with Crippen molar-refractivity contribution in [2.45, 2.75) is 13.0 Å². The van der Waals surface area contributed by atoms with Crippen LogP contribution in [0.3, 0.4) is 0 Å². The molecular formula is C21H20F2N4O4. The summed E-state index contributed by atoms with van der Waals surface area (Å²) in [4.78, 5) is 31.0. The van der Waals surface area contributed by atoms with Gasteiger partial charge in [0.05, 0.1) is 24.8 Å². The number of carboxylic acids is 1. The lowest BCUT2D eigenvalue weighted by Crippen LogP contribution is -2.37. The van der Waals surface area contributed by atoms with Crippen LogP contribution in [0.2, 0.25) is 0 Å². The highest BCUT2D eigenvalue weighted by molar-refractivity contribution is 5.88. The number of ether oxygens (including phenoxy) is 1. The van der Waals surface area contributed by atoms with Crippen LogP contribution in [0.1, 0.15) is 28.9 Å². The highest BCUT2D eigenvalue weighted by atomic mass is 19.2. The Labute approximate surface area is 175 Å². The summed E-state index contributed by atoms with van der Waals surface area (Å²) in [6.07, 6.45) is 1.23. The number of anilines is 2. The number of carbonyl (C=O) groups is 1. The summed E-state index contributed by atoms with van der Waals surface area (Å²) in [5, 5.41) is 12.5. The first kappa shape index (κ1) is 20.7. The minimum absolute atomic E-state index is 0.0931. The highest BCUT2D eigenvalue weighted by Gasteiger charge is 2.20. The number of fused-ring (bicyclic) bond motifs is 1. The number of aromatic nitrogens is 2. The second-order valence-corrected chi connectivity index (χ2v) is 7.23. The van der Waals surface area contributed by atoms with Gasteiger partial charge in [0.25, 0.3) is 5.56 Å². The summed E-state index contributed by atoms with van der Waals surface area (Å²) in [6, 6.07) is 5.59. The number of hydrogen-bond acceptors (Lipinski definition) is 6. The van der Waals surface area contributed by atoms with Crippen LogP contribution in [0.15, 0.2) is 41.3 Å². The summed E-state index contributed by atoms with van der Waals surface area (Å²) >= 11 is 0. The quantitative estimate of drug-likeness (QED) is 0.643. The van der Waals surface area contributed by atoms with Crippen LogP contribution < -0.4 is 15.8 Å². The van der Waals surface area contributed by atoms with Gasteiger partial charge in [-0.1, -0.05) is 0 Å². The van der Waals surface area contributed by atoms with Crippen LogP contribution in [0, 0.1) is 11.6 Å². The molecule has 3 aromatic rings. The summed E-state index contributed by atoms with van der Waals surface area (Å²) in [7, 11) is 0. The third-order valence-electron chi connectivity index (χ3n) is 5.13. The van der Waals surface area contributed by atoms with Gasteiger partial charge in [0, 0.05) is 42.7 Å². The van der Waals surface area contributed by atoms with E-state index in [1.807, 2.05) is 4.90 Å². The molecule has 0 aliphatic carbocycles. The van der Waals surface area contributed by atoms with E-state index in [4.69, 9.17) is 4.74 Å². The van der Waals surface area contributed by atoms with Gasteiger partial charge in [-0.05, 0) is 25.1 Å². The Kier molecular flexibility index (Phi) is 5.55. The Morgan fingerprint density at radius 2 is 1.94 bits per heavy atom. The smallest absolute Gasteiger partial charge is 0.337 e. The molecule has 3 heterocycles. The fraction of sp³-hybridized carbons (Fsp3) is 0.286. The van der Waals surface area contributed by atoms with Gasteiger partial charge in [0.15, 0.2) is 11.6 Å². The molecule has 8 nitrogen and oxygen atoms in total. The van der Waals surface area contributed by atoms with Crippen LogP contribution >= 0.6 is 0 Å². The van der Waals surface area contributed by atoms with E-state index in [9.17, 15) is 23.5 Å². The number of halogens is 2. The third kappa shape index (κ3) is 4.19. The Morgan fingerprint density at radius 1 is 1.19 bits per heavy atom. The Bertz CT molecular complexity index is 1210. The molecule has 0 saturated carbocycles. The molecule has 1 fully saturated rings. The van der Waals surface area contributed by atoms with E-state index in [0.29, 0.717) is 43.4 Å². The Balaban J connectivity index is 1.82. The van der Waals surface area contributed by atoms with E-state index in [1.165, 1.54) is 28.8 Å². The van der Waals surface area contributed by atoms with Gasteiger partial charge in [0.1, 0.15) is 11.5 Å². The van der Waals surface area contributed by atoms with Crippen LogP contribution in [0.25, 0.3) is 5.65 Å².